The van der Waals surface area contributed by atoms with Crippen LogP contribution < -0.4 is 4.57 Å². The molecule has 0 aliphatic carbocycles. The van der Waals surface area contributed by atoms with Crippen molar-refractivity contribution in [2.24, 2.45) is 0 Å². The minimum absolute atomic E-state index is 1.15. The maximum absolute atomic E-state index is 12.0. The highest BCUT2D eigenvalue weighted by Gasteiger charge is 2.67. The third kappa shape index (κ3) is 7.49. The standard InChI is InChI=1S/C10H16N.C4F9NO5S2/c1-3-4-7-11-8-5-6-10(2)9-11;5-2(6,7)1(15)14(20(16,17)3(8,9)10)21(18,19)4(11,12)13/h5-6,8-9H,3-4,7H2,1-2H3;/q+1;. The van der Waals surface area contributed by atoms with Crippen LogP contribution in [0, 0.1) is 6.92 Å². The van der Waals surface area contributed by atoms with E-state index in [1.165, 1.54) is 18.4 Å². The molecule has 1 rings (SSSR count). The summed E-state index contributed by atoms with van der Waals surface area (Å²) in [6.07, 6.45) is 0.212. The fourth-order valence-corrected chi connectivity index (χ4v) is 4.33. The van der Waals surface area contributed by atoms with E-state index in [-0.39, 0.29) is 0 Å². The number of amides is 1. The number of hydrogen-bond donors (Lipinski definition) is 0. The number of halogens is 9. The molecule has 0 aliphatic rings. The number of nitrogens with zero attached hydrogens (tertiary/aromatic N) is 2. The van der Waals surface area contributed by atoms with Crippen molar-refractivity contribution < 1.29 is 65.7 Å². The van der Waals surface area contributed by atoms with Gasteiger partial charge >= 0.3 is 43.1 Å². The minimum Gasteiger partial charge on any atom is -0.262 e. The molecule has 32 heavy (non-hydrogen) atoms. The smallest absolute Gasteiger partial charge is 0.262 e. The van der Waals surface area contributed by atoms with Crippen molar-refractivity contribution in [2.75, 3.05) is 0 Å². The van der Waals surface area contributed by atoms with Gasteiger partial charge in [-0.1, -0.05) is 13.3 Å². The Morgan fingerprint density at radius 3 is 1.69 bits per heavy atom. The summed E-state index contributed by atoms with van der Waals surface area (Å²) < 4.78 is 149. The summed E-state index contributed by atoms with van der Waals surface area (Å²) >= 11 is 0. The number of aromatic nitrogens is 1. The molecule has 0 fully saturated rings. The number of sulfonamides is 2. The quantitative estimate of drug-likeness (QED) is 0.434. The third-order valence-electron chi connectivity index (χ3n) is 3.21. The number of hydrogen-bond acceptors (Lipinski definition) is 5. The summed E-state index contributed by atoms with van der Waals surface area (Å²) in [7, 11) is -15.6. The Morgan fingerprint density at radius 2 is 1.38 bits per heavy atom. The molecule has 1 aromatic rings. The van der Waals surface area contributed by atoms with Crippen LogP contribution in [0.5, 0.6) is 0 Å². The van der Waals surface area contributed by atoms with Gasteiger partial charge in [-0.05, 0) is 13.0 Å². The molecule has 0 saturated heterocycles. The molecule has 1 aromatic heterocycles. The largest absolute Gasteiger partial charge is 0.517 e. The molecule has 0 unspecified atom stereocenters. The molecule has 1 amide bonds. The zero-order chi connectivity index (χ0) is 25.8. The summed E-state index contributed by atoms with van der Waals surface area (Å²) in [5, 5.41) is 0. The van der Waals surface area contributed by atoms with Crippen LogP contribution in [-0.2, 0) is 31.4 Å². The van der Waals surface area contributed by atoms with Crippen molar-refractivity contribution in [3.8, 4) is 0 Å². The molecular weight excluding hydrogens is 511 g/mol. The SMILES string of the molecule is CCCC[n+]1cccc(C)c1.O=C(N(S(=O)(=O)C(F)(F)F)S(=O)(=O)C(F)(F)F)C(F)(F)F. The highest BCUT2D eigenvalue weighted by atomic mass is 32.3. The lowest BCUT2D eigenvalue weighted by molar-refractivity contribution is -0.697. The average Bonchev–Trinajstić information content (AvgIpc) is 2.57. The van der Waals surface area contributed by atoms with Crippen molar-refractivity contribution >= 4 is 26.0 Å². The molecular formula is C14H16F9N2O5S2+. The van der Waals surface area contributed by atoms with E-state index >= 15 is 0 Å². The molecule has 186 valence electrons. The second kappa shape index (κ2) is 10.2. The number of unbranched alkanes of at least 4 members (excludes halogenated alkanes) is 1. The van der Waals surface area contributed by atoms with Gasteiger partial charge in [0, 0.05) is 18.1 Å². The average molecular weight is 527 g/mol. The van der Waals surface area contributed by atoms with E-state index < -0.39 is 46.9 Å². The zero-order valence-electron chi connectivity index (χ0n) is 16.1. The molecule has 0 bridgehead atoms. The first kappa shape index (κ1) is 29.9. The van der Waals surface area contributed by atoms with Crippen LogP contribution in [0.3, 0.4) is 0 Å². The van der Waals surface area contributed by atoms with Gasteiger partial charge in [-0.25, -0.2) is 4.57 Å². The van der Waals surface area contributed by atoms with Crippen molar-refractivity contribution in [1.29, 1.82) is 0 Å². The molecule has 0 atom stereocenters. The van der Waals surface area contributed by atoms with Gasteiger partial charge in [0.15, 0.2) is 12.4 Å². The molecule has 7 nitrogen and oxygen atoms in total. The van der Waals surface area contributed by atoms with Gasteiger partial charge in [-0.2, -0.15) is 56.3 Å². The lowest BCUT2D eigenvalue weighted by Crippen LogP contribution is -2.55. The highest BCUT2D eigenvalue weighted by Crippen LogP contribution is 2.37. The number of rotatable bonds is 5. The third-order valence-corrected chi connectivity index (χ3v) is 6.76. The van der Waals surface area contributed by atoms with E-state index in [1.807, 2.05) is 0 Å². The van der Waals surface area contributed by atoms with Crippen LogP contribution in [0.15, 0.2) is 24.5 Å². The maximum atomic E-state index is 12.0. The Bertz CT molecular complexity index is 957. The minimum atomic E-state index is -7.81. The van der Waals surface area contributed by atoms with Crippen molar-refractivity contribution in [3.63, 3.8) is 0 Å². The van der Waals surface area contributed by atoms with E-state index in [0.29, 0.717) is 0 Å². The summed E-state index contributed by atoms with van der Waals surface area (Å²) in [5.41, 5.74) is -12.5. The van der Waals surface area contributed by atoms with Crippen molar-refractivity contribution in [2.45, 2.75) is 50.4 Å². The van der Waals surface area contributed by atoms with Crippen LogP contribution >= 0.6 is 0 Å². The molecule has 0 saturated carbocycles. The molecule has 1 heterocycles. The summed E-state index contributed by atoms with van der Waals surface area (Å²) in [5.74, 6) is -4.39. The van der Waals surface area contributed by atoms with Gasteiger partial charge in [0.1, 0.15) is 6.54 Å². The van der Waals surface area contributed by atoms with Crippen LogP contribution in [0.4, 0.5) is 39.5 Å². The fourth-order valence-electron chi connectivity index (χ4n) is 1.77. The Morgan fingerprint density at radius 1 is 0.938 bits per heavy atom. The summed E-state index contributed by atoms with van der Waals surface area (Å²) in [4.78, 5) is 10.4. The van der Waals surface area contributed by atoms with Gasteiger partial charge in [0.25, 0.3) is 0 Å². The van der Waals surface area contributed by atoms with Gasteiger partial charge in [0.05, 0.1) is 0 Å². The summed E-state index contributed by atoms with van der Waals surface area (Å²) in [6, 6.07) is 4.23. The maximum Gasteiger partial charge on any atom is 0.517 e. The Labute approximate surface area is 176 Å². The first-order valence-electron chi connectivity index (χ1n) is 8.10. The van der Waals surface area contributed by atoms with E-state index in [4.69, 9.17) is 0 Å². The van der Waals surface area contributed by atoms with Crippen LogP contribution in [0.1, 0.15) is 25.3 Å². The zero-order valence-corrected chi connectivity index (χ0v) is 17.7. The predicted molar refractivity (Wildman–Crippen MR) is 89.1 cm³/mol. The molecule has 0 spiro atoms. The van der Waals surface area contributed by atoms with Crippen LogP contribution in [-0.4, -0.2) is 43.6 Å². The first-order valence-corrected chi connectivity index (χ1v) is 11.0. The molecule has 0 aliphatic heterocycles. The Hall–Kier alpha value is -2.11. The van der Waals surface area contributed by atoms with E-state index in [0.717, 1.165) is 6.54 Å². The second-order valence-corrected chi connectivity index (χ2v) is 9.66. The van der Waals surface area contributed by atoms with Gasteiger partial charge in [-0.15, -0.1) is 3.71 Å². The van der Waals surface area contributed by atoms with Crippen molar-refractivity contribution in [1.82, 2.24) is 3.71 Å². The van der Waals surface area contributed by atoms with Crippen LogP contribution in [0.25, 0.3) is 0 Å². The van der Waals surface area contributed by atoms with Crippen LogP contribution in [0.2, 0.25) is 0 Å². The monoisotopic (exact) mass is 527 g/mol. The lowest BCUT2D eigenvalue weighted by atomic mass is 10.3. The predicted octanol–water partition coefficient (Wildman–Crippen LogP) is 3.16. The normalized spacial score (nSPS) is 13.2. The fraction of sp³-hybridized carbons (Fsp3) is 0.571. The molecule has 18 heteroatoms. The molecule has 0 N–H and O–H groups in total. The van der Waals surface area contributed by atoms with Crippen molar-refractivity contribution in [3.05, 3.63) is 30.1 Å². The number of pyridine rings is 1. The summed E-state index contributed by atoms with van der Waals surface area (Å²) in [6.45, 7) is 5.50. The van der Waals surface area contributed by atoms with E-state index in [2.05, 4.69) is 42.9 Å². The number of alkyl halides is 9. The molecule has 0 radical (unpaired) electrons. The lowest BCUT2D eigenvalue weighted by Gasteiger charge is -2.24. The second-order valence-electron chi connectivity index (χ2n) is 5.87. The van der Waals surface area contributed by atoms with Gasteiger partial charge in [0.2, 0.25) is 0 Å². The van der Waals surface area contributed by atoms with Gasteiger partial charge in [-0.3, -0.25) is 4.79 Å². The van der Waals surface area contributed by atoms with E-state index in [9.17, 15) is 61.1 Å². The Balaban J connectivity index is 0.000000726. The first-order chi connectivity index (χ1) is 14.1. The molecule has 0 aromatic carbocycles. The topological polar surface area (TPSA) is 92.5 Å². The number of carbonyl (C=O) groups excluding carboxylic acids is 1. The van der Waals surface area contributed by atoms with E-state index in [1.54, 1.807) is 0 Å². The van der Waals surface area contributed by atoms with Gasteiger partial charge < -0.3 is 0 Å². The Kier molecular flexibility index (Phi) is 9.55. The highest BCUT2D eigenvalue weighted by molar-refractivity contribution is 8.05. The number of carbonyl (C=O) groups is 1. The number of aryl methyl sites for hydroxylation is 2.